The predicted molar refractivity (Wildman–Crippen MR) is 84.9 cm³/mol. The van der Waals surface area contributed by atoms with Crippen LogP contribution in [0.2, 0.25) is 0 Å². The second-order valence-electron chi connectivity index (χ2n) is 5.26. The number of carbonyl (C=O) groups is 2. The van der Waals surface area contributed by atoms with E-state index in [0.717, 1.165) is 24.6 Å². The van der Waals surface area contributed by atoms with Gasteiger partial charge >= 0.3 is 0 Å². The standard InChI is InChI=1S/C14H22N4O3S/c1-4-9(2)12(19)16-17-13(20)11-10(3)15-14(22-11)18-5-7-21-8-6-18/h9H,4-8H2,1-3H3,(H,16,19)(H,17,20). The van der Waals surface area contributed by atoms with Crippen molar-refractivity contribution in [1.82, 2.24) is 15.8 Å². The molecular weight excluding hydrogens is 304 g/mol. The molecule has 0 saturated carbocycles. The van der Waals surface area contributed by atoms with Gasteiger partial charge in [-0.05, 0) is 13.3 Å². The van der Waals surface area contributed by atoms with E-state index in [1.165, 1.54) is 11.3 Å². The molecule has 2 rings (SSSR count). The molecule has 1 aromatic rings. The highest BCUT2D eigenvalue weighted by atomic mass is 32.1. The number of amides is 2. The summed E-state index contributed by atoms with van der Waals surface area (Å²) in [6.45, 7) is 8.43. The Kier molecular flexibility index (Phi) is 5.73. The number of anilines is 1. The number of hydrogen-bond acceptors (Lipinski definition) is 6. The van der Waals surface area contributed by atoms with E-state index in [0.29, 0.717) is 23.8 Å². The Balaban J connectivity index is 1.98. The minimum absolute atomic E-state index is 0.133. The Morgan fingerprint density at radius 2 is 2.05 bits per heavy atom. The molecule has 2 heterocycles. The van der Waals surface area contributed by atoms with Crippen LogP contribution in [0.3, 0.4) is 0 Å². The predicted octanol–water partition coefficient (Wildman–Crippen LogP) is 1.10. The second kappa shape index (κ2) is 7.55. The van der Waals surface area contributed by atoms with Crippen LogP contribution in [0.5, 0.6) is 0 Å². The summed E-state index contributed by atoms with van der Waals surface area (Å²) in [5, 5.41) is 0.819. The summed E-state index contributed by atoms with van der Waals surface area (Å²) >= 11 is 1.34. The van der Waals surface area contributed by atoms with E-state index in [1.807, 2.05) is 13.8 Å². The smallest absolute Gasteiger partial charge is 0.281 e. The molecule has 0 aliphatic carbocycles. The van der Waals surface area contributed by atoms with Gasteiger partial charge in [-0.2, -0.15) is 0 Å². The molecule has 2 N–H and O–H groups in total. The molecule has 22 heavy (non-hydrogen) atoms. The third-order valence-electron chi connectivity index (χ3n) is 3.63. The van der Waals surface area contributed by atoms with Crippen LogP contribution in [0.25, 0.3) is 0 Å². The second-order valence-corrected chi connectivity index (χ2v) is 6.24. The van der Waals surface area contributed by atoms with Crippen LogP contribution in [0.4, 0.5) is 5.13 Å². The maximum Gasteiger partial charge on any atom is 0.281 e. The van der Waals surface area contributed by atoms with Crippen molar-refractivity contribution in [2.45, 2.75) is 27.2 Å². The van der Waals surface area contributed by atoms with Gasteiger partial charge in [-0.1, -0.05) is 25.2 Å². The third kappa shape index (κ3) is 3.95. The molecule has 1 saturated heterocycles. The summed E-state index contributed by atoms with van der Waals surface area (Å²) in [4.78, 5) is 30.9. The lowest BCUT2D eigenvalue weighted by molar-refractivity contribution is -0.125. The van der Waals surface area contributed by atoms with Crippen LogP contribution in [0.1, 0.15) is 35.6 Å². The fourth-order valence-corrected chi connectivity index (χ4v) is 2.98. The first-order chi connectivity index (χ1) is 10.5. The molecule has 1 aliphatic rings. The largest absolute Gasteiger partial charge is 0.378 e. The zero-order chi connectivity index (χ0) is 16.1. The summed E-state index contributed by atoms with van der Waals surface area (Å²) in [5.41, 5.74) is 5.58. The number of aromatic nitrogens is 1. The van der Waals surface area contributed by atoms with E-state index in [9.17, 15) is 9.59 Å². The van der Waals surface area contributed by atoms with Gasteiger partial charge in [-0.3, -0.25) is 20.4 Å². The number of carbonyl (C=O) groups excluding carboxylic acids is 2. The van der Waals surface area contributed by atoms with Crippen molar-refractivity contribution in [3.05, 3.63) is 10.6 Å². The average molecular weight is 326 g/mol. The maximum atomic E-state index is 12.2. The quantitative estimate of drug-likeness (QED) is 0.810. The molecule has 1 unspecified atom stereocenters. The van der Waals surface area contributed by atoms with E-state index >= 15 is 0 Å². The average Bonchev–Trinajstić information content (AvgIpc) is 2.94. The third-order valence-corrected chi connectivity index (χ3v) is 4.85. The van der Waals surface area contributed by atoms with Crippen molar-refractivity contribution in [2.24, 2.45) is 5.92 Å². The fourth-order valence-electron chi connectivity index (χ4n) is 1.97. The van der Waals surface area contributed by atoms with Crippen LogP contribution < -0.4 is 15.8 Å². The topological polar surface area (TPSA) is 83.6 Å². The minimum atomic E-state index is -0.328. The number of aryl methyl sites for hydroxylation is 1. The summed E-state index contributed by atoms with van der Waals surface area (Å²) in [6, 6.07) is 0. The number of ether oxygens (including phenoxy) is 1. The van der Waals surface area contributed by atoms with Crippen molar-refractivity contribution >= 4 is 28.3 Å². The monoisotopic (exact) mass is 326 g/mol. The van der Waals surface area contributed by atoms with Gasteiger partial charge in [-0.15, -0.1) is 0 Å². The van der Waals surface area contributed by atoms with Gasteiger partial charge < -0.3 is 9.64 Å². The summed E-state index contributed by atoms with van der Waals surface area (Å²) in [6.07, 6.45) is 0.725. The molecule has 1 atom stereocenters. The molecule has 122 valence electrons. The normalized spacial score (nSPS) is 16.2. The highest BCUT2D eigenvalue weighted by Gasteiger charge is 2.21. The highest BCUT2D eigenvalue weighted by molar-refractivity contribution is 7.17. The Labute approximate surface area is 134 Å². The molecular formula is C14H22N4O3S. The fraction of sp³-hybridized carbons (Fsp3) is 0.643. The molecule has 0 bridgehead atoms. The van der Waals surface area contributed by atoms with E-state index in [-0.39, 0.29) is 17.7 Å². The summed E-state index contributed by atoms with van der Waals surface area (Å²) in [7, 11) is 0. The van der Waals surface area contributed by atoms with Crippen molar-refractivity contribution in [3.63, 3.8) is 0 Å². The van der Waals surface area contributed by atoms with Gasteiger partial charge in [0.25, 0.3) is 5.91 Å². The minimum Gasteiger partial charge on any atom is -0.378 e. The van der Waals surface area contributed by atoms with Crippen molar-refractivity contribution in [3.8, 4) is 0 Å². The first-order valence-electron chi connectivity index (χ1n) is 7.43. The van der Waals surface area contributed by atoms with Crippen LogP contribution >= 0.6 is 11.3 Å². The van der Waals surface area contributed by atoms with Gasteiger partial charge in [0.2, 0.25) is 5.91 Å². The Morgan fingerprint density at radius 1 is 1.36 bits per heavy atom. The number of thiazole rings is 1. The lowest BCUT2D eigenvalue weighted by Crippen LogP contribution is -2.43. The summed E-state index contributed by atoms with van der Waals surface area (Å²) in [5.74, 6) is -0.649. The molecule has 0 radical (unpaired) electrons. The molecule has 8 heteroatoms. The molecule has 0 spiro atoms. The number of morpholine rings is 1. The Hall–Kier alpha value is -1.67. The first-order valence-corrected chi connectivity index (χ1v) is 8.24. The highest BCUT2D eigenvalue weighted by Crippen LogP contribution is 2.26. The van der Waals surface area contributed by atoms with Crippen LogP contribution in [-0.4, -0.2) is 43.1 Å². The Bertz CT molecular complexity index is 540. The first kappa shape index (κ1) is 16.7. The zero-order valence-corrected chi connectivity index (χ0v) is 14.0. The number of nitrogens with zero attached hydrogens (tertiary/aromatic N) is 2. The van der Waals surface area contributed by atoms with Gasteiger partial charge in [-0.25, -0.2) is 4.98 Å². The summed E-state index contributed by atoms with van der Waals surface area (Å²) < 4.78 is 5.31. The van der Waals surface area contributed by atoms with Crippen LogP contribution in [0, 0.1) is 12.8 Å². The van der Waals surface area contributed by atoms with E-state index < -0.39 is 0 Å². The SMILES string of the molecule is CCC(C)C(=O)NNC(=O)c1sc(N2CCOCC2)nc1C. The van der Waals surface area contributed by atoms with Gasteiger partial charge in [0.15, 0.2) is 5.13 Å². The molecule has 0 aromatic carbocycles. The Morgan fingerprint density at radius 3 is 2.68 bits per heavy atom. The number of hydrogen-bond donors (Lipinski definition) is 2. The molecule has 1 fully saturated rings. The molecule has 2 amide bonds. The number of hydrazine groups is 1. The van der Waals surface area contributed by atoms with E-state index in [4.69, 9.17) is 4.74 Å². The molecule has 1 aromatic heterocycles. The van der Waals surface area contributed by atoms with E-state index in [2.05, 4.69) is 20.7 Å². The zero-order valence-electron chi connectivity index (χ0n) is 13.1. The van der Waals surface area contributed by atoms with Crippen molar-refractivity contribution in [2.75, 3.05) is 31.2 Å². The van der Waals surface area contributed by atoms with Crippen LogP contribution in [0.15, 0.2) is 0 Å². The number of rotatable bonds is 4. The lowest BCUT2D eigenvalue weighted by atomic mass is 10.1. The number of nitrogens with one attached hydrogen (secondary N) is 2. The van der Waals surface area contributed by atoms with Crippen LogP contribution in [-0.2, 0) is 9.53 Å². The molecule has 7 nitrogen and oxygen atoms in total. The maximum absolute atomic E-state index is 12.2. The van der Waals surface area contributed by atoms with Crippen molar-refractivity contribution < 1.29 is 14.3 Å². The van der Waals surface area contributed by atoms with E-state index in [1.54, 1.807) is 6.92 Å². The van der Waals surface area contributed by atoms with Crippen molar-refractivity contribution in [1.29, 1.82) is 0 Å². The molecule has 1 aliphatic heterocycles. The van der Waals surface area contributed by atoms with Gasteiger partial charge in [0, 0.05) is 19.0 Å². The lowest BCUT2D eigenvalue weighted by Gasteiger charge is -2.25. The van der Waals surface area contributed by atoms with Gasteiger partial charge in [0.05, 0.1) is 18.9 Å². The van der Waals surface area contributed by atoms with Gasteiger partial charge in [0.1, 0.15) is 4.88 Å².